The monoisotopic (exact) mass is 356 g/mol. The second kappa shape index (κ2) is 5.72. The number of halogens is 4. The predicted molar refractivity (Wildman–Crippen MR) is 77.3 cm³/mol. The molecular weight excluding hydrogens is 345 g/mol. The molecule has 1 aliphatic heterocycles. The first-order valence-corrected chi connectivity index (χ1v) is 7.49. The van der Waals surface area contributed by atoms with Crippen molar-refractivity contribution in [2.45, 2.75) is 17.2 Å². The summed E-state index contributed by atoms with van der Waals surface area (Å²) < 4.78 is 46.0. The summed E-state index contributed by atoms with van der Waals surface area (Å²) in [6.45, 7) is 0.509. The molecule has 1 nitrogen and oxygen atoms in total. The summed E-state index contributed by atoms with van der Waals surface area (Å²) in [6, 6.07) is 9.00. The second-order valence-corrected chi connectivity index (χ2v) is 5.96. The number of alkyl halides is 1. The molecule has 2 aromatic carbocycles. The van der Waals surface area contributed by atoms with Gasteiger partial charge in [0.05, 0.1) is 6.61 Å². The van der Waals surface area contributed by atoms with E-state index in [1.54, 1.807) is 0 Å². The quantitative estimate of drug-likeness (QED) is 0.536. The topological polar surface area (TPSA) is 9.23 Å². The number of fused-ring (bicyclic) bond motifs is 1. The van der Waals surface area contributed by atoms with Crippen molar-refractivity contribution in [3.63, 3.8) is 0 Å². The maximum atomic E-state index is 13.9. The van der Waals surface area contributed by atoms with Crippen LogP contribution in [-0.2, 0) is 0 Å². The highest BCUT2D eigenvalue weighted by atomic mass is 79.9. The van der Waals surface area contributed by atoms with Crippen molar-refractivity contribution in [1.82, 2.24) is 0 Å². The number of rotatable bonds is 2. The zero-order valence-electron chi connectivity index (χ0n) is 11.0. The van der Waals surface area contributed by atoms with Crippen molar-refractivity contribution in [3.05, 3.63) is 65.0 Å². The number of benzene rings is 2. The summed E-state index contributed by atoms with van der Waals surface area (Å²) in [7, 11) is 0. The molecule has 110 valence electrons. The van der Waals surface area contributed by atoms with Gasteiger partial charge >= 0.3 is 0 Å². The largest absolute Gasteiger partial charge is 0.493 e. The molecule has 0 saturated carbocycles. The molecule has 0 saturated heterocycles. The van der Waals surface area contributed by atoms with Crippen LogP contribution in [0.3, 0.4) is 0 Å². The molecule has 2 atom stereocenters. The van der Waals surface area contributed by atoms with Crippen LogP contribution in [0, 0.1) is 17.5 Å². The molecule has 2 aromatic rings. The first-order valence-electron chi connectivity index (χ1n) is 6.58. The van der Waals surface area contributed by atoms with Gasteiger partial charge in [-0.3, -0.25) is 0 Å². The zero-order chi connectivity index (χ0) is 15.0. The van der Waals surface area contributed by atoms with E-state index in [0.29, 0.717) is 19.1 Å². The highest BCUT2D eigenvalue weighted by Gasteiger charge is 2.30. The maximum Gasteiger partial charge on any atom is 0.161 e. The molecule has 2 unspecified atom stereocenters. The summed E-state index contributed by atoms with van der Waals surface area (Å²) >= 11 is 3.44. The molecule has 0 N–H and O–H groups in total. The van der Waals surface area contributed by atoms with Crippen molar-refractivity contribution >= 4 is 15.9 Å². The summed E-state index contributed by atoms with van der Waals surface area (Å²) in [4.78, 5) is -0.447. The minimum absolute atomic E-state index is 0.0608. The third-order valence-corrected chi connectivity index (χ3v) is 4.83. The van der Waals surface area contributed by atoms with E-state index in [0.717, 1.165) is 17.4 Å². The van der Waals surface area contributed by atoms with Gasteiger partial charge in [0.2, 0.25) is 0 Å². The van der Waals surface area contributed by atoms with Crippen molar-refractivity contribution in [3.8, 4) is 5.75 Å². The van der Waals surface area contributed by atoms with Gasteiger partial charge in [-0.15, -0.1) is 0 Å². The van der Waals surface area contributed by atoms with Gasteiger partial charge in [0.15, 0.2) is 11.6 Å². The average molecular weight is 357 g/mol. The van der Waals surface area contributed by atoms with Crippen molar-refractivity contribution < 1.29 is 17.9 Å². The zero-order valence-corrected chi connectivity index (χ0v) is 12.5. The molecule has 21 heavy (non-hydrogen) atoms. The Hall–Kier alpha value is -1.49. The van der Waals surface area contributed by atoms with Gasteiger partial charge < -0.3 is 4.74 Å². The number of hydrogen-bond acceptors (Lipinski definition) is 1. The van der Waals surface area contributed by atoms with Crippen molar-refractivity contribution in [2.75, 3.05) is 6.61 Å². The van der Waals surface area contributed by atoms with Crippen LogP contribution in [0.25, 0.3) is 0 Å². The first-order chi connectivity index (χ1) is 10.1. The Labute approximate surface area is 128 Å². The van der Waals surface area contributed by atoms with Crippen molar-refractivity contribution in [1.29, 1.82) is 0 Å². The lowest BCUT2D eigenvalue weighted by Crippen LogP contribution is -2.18. The Kier molecular flexibility index (Phi) is 3.93. The van der Waals surface area contributed by atoms with E-state index < -0.39 is 22.3 Å². The fraction of sp³-hybridized carbons (Fsp3) is 0.250. The van der Waals surface area contributed by atoms with Gasteiger partial charge in [-0.1, -0.05) is 34.1 Å². The summed E-state index contributed by atoms with van der Waals surface area (Å²) in [5.41, 5.74) is 1.06. The van der Waals surface area contributed by atoms with Crippen LogP contribution in [0.15, 0.2) is 36.4 Å². The minimum atomic E-state index is -1.18. The lowest BCUT2D eigenvalue weighted by atomic mass is 9.87. The van der Waals surface area contributed by atoms with E-state index in [-0.39, 0.29) is 11.5 Å². The molecule has 0 aliphatic carbocycles. The van der Waals surface area contributed by atoms with Crippen LogP contribution in [0.1, 0.15) is 28.3 Å². The summed E-state index contributed by atoms with van der Waals surface area (Å²) in [6.07, 6.45) is 0.672. The van der Waals surface area contributed by atoms with E-state index in [4.69, 9.17) is 4.74 Å². The van der Waals surface area contributed by atoms with Crippen LogP contribution < -0.4 is 4.74 Å². The van der Waals surface area contributed by atoms with E-state index in [1.165, 1.54) is 0 Å². The third kappa shape index (κ3) is 2.67. The normalized spacial score (nSPS) is 18.8. The van der Waals surface area contributed by atoms with Gasteiger partial charge in [-0.2, -0.15) is 0 Å². The average Bonchev–Trinajstić information content (AvgIpc) is 2.49. The Morgan fingerprint density at radius 3 is 2.57 bits per heavy atom. The van der Waals surface area contributed by atoms with Gasteiger partial charge in [0, 0.05) is 22.4 Å². The lowest BCUT2D eigenvalue weighted by molar-refractivity contribution is 0.265. The molecule has 0 radical (unpaired) electrons. The van der Waals surface area contributed by atoms with Crippen LogP contribution in [0.5, 0.6) is 5.75 Å². The van der Waals surface area contributed by atoms with Crippen LogP contribution in [0.4, 0.5) is 13.2 Å². The first kappa shape index (κ1) is 14.4. The molecule has 5 heteroatoms. The van der Waals surface area contributed by atoms with E-state index in [1.807, 2.05) is 24.3 Å². The van der Waals surface area contributed by atoms with Crippen LogP contribution in [0.2, 0.25) is 0 Å². The summed E-state index contributed by atoms with van der Waals surface area (Å²) in [5, 5.41) is 0. The predicted octanol–water partition coefficient (Wildman–Crippen LogP) is 5.11. The fourth-order valence-electron chi connectivity index (χ4n) is 2.64. The maximum absolute atomic E-state index is 13.9. The highest BCUT2D eigenvalue weighted by molar-refractivity contribution is 9.09. The highest BCUT2D eigenvalue weighted by Crippen LogP contribution is 2.46. The lowest BCUT2D eigenvalue weighted by Gasteiger charge is -2.29. The smallest absolute Gasteiger partial charge is 0.161 e. The second-order valence-electron chi connectivity index (χ2n) is 4.97. The molecule has 0 bridgehead atoms. The fourth-order valence-corrected chi connectivity index (χ4v) is 3.54. The Balaban J connectivity index is 2.00. The number of hydrogen-bond donors (Lipinski definition) is 0. The van der Waals surface area contributed by atoms with Gasteiger partial charge in [-0.25, -0.2) is 13.2 Å². The van der Waals surface area contributed by atoms with Crippen molar-refractivity contribution in [2.24, 2.45) is 0 Å². The summed E-state index contributed by atoms with van der Waals surface area (Å²) in [5.74, 6) is -2.28. The van der Waals surface area contributed by atoms with E-state index in [2.05, 4.69) is 15.9 Å². The molecule has 1 aliphatic rings. The number of ether oxygens (including phenoxy) is 1. The molecule has 1 heterocycles. The minimum Gasteiger partial charge on any atom is -0.493 e. The third-order valence-electron chi connectivity index (χ3n) is 3.69. The molecule has 0 fully saturated rings. The van der Waals surface area contributed by atoms with E-state index >= 15 is 0 Å². The SMILES string of the molecule is Fc1cc(F)c(C(Br)C2CCOc3ccccc32)cc1F. The molecule has 0 amide bonds. The van der Waals surface area contributed by atoms with Crippen LogP contribution in [-0.4, -0.2) is 6.61 Å². The van der Waals surface area contributed by atoms with Gasteiger partial charge in [0.1, 0.15) is 11.6 Å². The van der Waals surface area contributed by atoms with E-state index in [9.17, 15) is 13.2 Å². The van der Waals surface area contributed by atoms with Crippen LogP contribution >= 0.6 is 15.9 Å². The molecular formula is C16H12BrF3O. The Morgan fingerprint density at radius 1 is 1.05 bits per heavy atom. The van der Waals surface area contributed by atoms with Gasteiger partial charge in [-0.05, 0) is 24.1 Å². The standard InChI is InChI=1S/C16H12BrF3O/c17-16(11-7-13(19)14(20)8-12(11)18)10-5-6-21-15-4-2-1-3-9(10)15/h1-4,7-8,10,16H,5-6H2. The molecule has 0 aromatic heterocycles. The molecule has 0 spiro atoms. The Morgan fingerprint density at radius 2 is 1.76 bits per heavy atom. The Bertz CT molecular complexity index is 675. The number of para-hydroxylation sites is 1. The van der Waals surface area contributed by atoms with Gasteiger partial charge in [0.25, 0.3) is 0 Å². The molecule has 3 rings (SSSR count).